The summed E-state index contributed by atoms with van der Waals surface area (Å²) in [4.78, 5) is 0. The number of aliphatic hydroxyl groups is 1. The van der Waals surface area contributed by atoms with Gasteiger partial charge < -0.3 is 5.11 Å². The van der Waals surface area contributed by atoms with Gasteiger partial charge >= 0.3 is 0 Å². The fourth-order valence-corrected chi connectivity index (χ4v) is 2.50. The second kappa shape index (κ2) is 8.52. The molecule has 0 bridgehead atoms. The topological polar surface area (TPSA) is 20.2 Å². The zero-order valence-corrected chi connectivity index (χ0v) is 11.4. The van der Waals surface area contributed by atoms with E-state index in [1.54, 1.807) is 0 Å². The molecule has 0 amide bonds. The first kappa shape index (κ1) is 14.5. The van der Waals surface area contributed by atoms with Crippen LogP contribution in [0.1, 0.15) is 58.8 Å². The van der Waals surface area contributed by atoms with Gasteiger partial charge in [0.05, 0.1) is 6.10 Å². The molecule has 0 aliphatic heterocycles. The van der Waals surface area contributed by atoms with Crippen LogP contribution in [0, 0.1) is 11.8 Å². The molecule has 1 heteroatoms. The van der Waals surface area contributed by atoms with Crippen LogP contribution in [0.15, 0.2) is 24.3 Å². The summed E-state index contributed by atoms with van der Waals surface area (Å²) in [5.41, 5.74) is 0. The highest BCUT2D eigenvalue weighted by Crippen LogP contribution is 2.24. The Morgan fingerprint density at radius 1 is 0.882 bits per heavy atom. The van der Waals surface area contributed by atoms with Crippen LogP contribution in [0.5, 0.6) is 0 Å². The predicted molar refractivity (Wildman–Crippen MR) is 74.9 cm³/mol. The van der Waals surface area contributed by atoms with Crippen LogP contribution in [0.25, 0.3) is 0 Å². The molecule has 0 aromatic heterocycles. The number of hydrogen-bond donors (Lipinski definition) is 1. The van der Waals surface area contributed by atoms with Crippen LogP contribution in [0.4, 0.5) is 0 Å². The first-order valence-corrected chi connectivity index (χ1v) is 7.20. The van der Waals surface area contributed by atoms with E-state index >= 15 is 0 Å². The Hall–Kier alpha value is -0.560. The lowest BCUT2D eigenvalue weighted by atomic mass is 9.85. The second-order valence-electron chi connectivity index (χ2n) is 5.52. The molecule has 2 atom stereocenters. The lowest BCUT2D eigenvalue weighted by molar-refractivity contribution is 0.0556. The van der Waals surface area contributed by atoms with Crippen molar-refractivity contribution in [1.29, 1.82) is 0 Å². The summed E-state index contributed by atoms with van der Waals surface area (Å²) in [7, 11) is 0. The molecular formula is C16H28O. The SMILES string of the molecule is CC(C)C(O)C1CCC=CCCC=CCCC1. The van der Waals surface area contributed by atoms with Crippen LogP contribution in [-0.4, -0.2) is 11.2 Å². The van der Waals surface area contributed by atoms with Gasteiger partial charge in [0.2, 0.25) is 0 Å². The van der Waals surface area contributed by atoms with Crippen LogP contribution < -0.4 is 0 Å². The number of aliphatic hydroxyl groups excluding tert-OH is 1. The Morgan fingerprint density at radius 2 is 1.47 bits per heavy atom. The number of allylic oxidation sites excluding steroid dienone is 4. The van der Waals surface area contributed by atoms with E-state index in [0.717, 1.165) is 25.7 Å². The molecule has 98 valence electrons. The molecule has 1 nitrogen and oxygen atoms in total. The predicted octanol–water partition coefficient (Wildman–Crippen LogP) is 4.48. The van der Waals surface area contributed by atoms with Gasteiger partial charge in [-0.3, -0.25) is 0 Å². The van der Waals surface area contributed by atoms with Crippen molar-refractivity contribution in [3.63, 3.8) is 0 Å². The van der Waals surface area contributed by atoms with Crippen LogP contribution >= 0.6 is 0 Å². The van der Waals surface area contributed by atoms with Crippen LogP contribution in [0.2, 0.25) is 0 Å². The maximum atomic E-state index is 10.2. The number of hydrogen-bond acceptors (Lipinski definition) is 1. The molecule has 17 heavy (non-hydrogen) atoms. The summed E-state index contributed by atoms with van der Waals surface area (Å²) < 4.78 is 0. The summed E-state index contributed by atoms with van der Waals surface area (Å²) in [6, 6.07) is 0. The first-order valence-electron chi connectivity index (χ1n) is 7.20. The molecule has 0 saturated carbocycles. The third kappa shape index (κ3) is 6.07. The first-order chi connectivity index (χ1) is 8.22. The fraction of sp³-hybridized carbons (Fsp3) is 0.750. The lowest BCUT2D eigenvalue weighted by Gasteiger charge is -2.25. The molecule has 0 fully saturated rings. The van der Waals surface area contributed by atoms with Crippen molar-refractivity contribution in [3.05, 3.63) is 24.3 Å². The normalized spacial score (nSPS) is 25.3. The van der Waals surface area contributed by atoms with E-state index in [9.17, 15) is 5.11 Å². The van der Waals surface area contributed by atoms with E-state index in [0.29, 0.717) is 11.8 Å². The largest absolute Gasteiger partial charge is 0.393 e. The Balaban J connectivity index is 2.50. The van der Waals surface area contributed by atoms with Crippen LogP contribution in [-0.2, 0) is 0 Å². The second-order valence-corrected chi connectivity index (χ2v) is 5.52. The third-order valence-electron chi connectivity index (χ3n) is 3.65. The fourth-order valence-electron chi connectivity index (χ4n) is 2.50. The molecular weight excluding hydrogens is 208 g/mol. The Labute approximate surface area is 107 Å². The van der Waals surface area contributed by atoms with Crippen molar-refractivity contribution < 1.29 is 5.11 Å². The highest BCUT2D eigenvalue weighted by Gasteiger charge is 2.20. The standard InChI is InChI=1S/C16H28O/c1-14(2)16(17)15-12-10-8-6-4-3-5-7-9-11-13-15/h4,6-7,9,14-17H,3,5,8,10-13H2,1-2H3. The quantitative estimate of drug-likeness (QED) is 0.701. The monoisotopic (exact) mass is 236 g/mol. The zero-order valence-electron chi connectivity index (χ0n) is 11.4. The van der Waals surface area contributed by atoms with Gasteiger partial charge in [0.25, 0.3) is 0 Å². The molecule has 1 rings (SSSR count). The average Bonchev–Trinajstić information content (AvgIpc) is 2.29. The average molecular weight is 236 g/mol. The highest BCUT2D eigenvalue weighted by molar-refractivity contribution is 4.90. The van der Waals surface area contributed by atoms with Crippen molar-refractivity contribution in [1.82, 2.24) is 0 Å². The van der Waals surface area contributed by atoms with E-state index in [2.05, 4.69) is 38.2 Å². The van der Waals surface area contributed by atoms with Gasteiger partial charge in [-0.1, -0.05) is 38.2 Å². The van der Waals surface area contributed by atoms with Gasteiger partial charge in [-0.2, -0.15) is 0 Å². The molecule has 0 spiro atoms. The van der Waals surface area contributed by atoms with E-state index in [-0.39, 0.29) is 6.10 Å². The van der Waals surface area contributed by atoms with Gasteiger partial charge in [0, 0.05) is 0 Å². The van der Waals surface area contributed by atoms with Crippen molar-refractivity contribution in [2.75, 3.05) is 0 Å². The van der Waals surface area contributed by atoms with Gasteiger partial charge in [0.1, 0.15) is 0 Å². The summed E-state index contributed by atoms with van der Waals surface area (Å²) in [6.45, 7) is 4.24. The molecule has 0 heterocycles. The molecule has 2 unspecified atom stereocenters. The van der Waals surface area contributed by atoms with Gasteiger partial charge in [-0.15, -0.1) is 0 Å². The molecule has 1 N–H and O–H groups in total. The lowest BCUT2D eigenvalue weighted by Crippen LogP contribution is -2.26. The number of rotatable bonds is 2. The minimum absolute atomic E-state index is 0.129. The molecule has 0 saturated heterocycles. The Morgan fingerprint density at radius 3 is 2.12 bits per heavy atom. The highest BCUT2D eigenvalue weighted by atomic mass is 16.3. The van der Waals surface area contributed by atoms with Gasteiger partial charge in [-0.25, -0.2) is 0 Å². The molecule has 0 aromatic carbocycles. The molecule has 1 aliphatic rings. The molecule has 0 aromatic rings. The van der Waals surface area contributed by atoms with E-state index in [4.69, 9.17) is 0 Å². The maximum absolute atomic E-state index is 10.2. The summed E-state index contributed by atoms with van der Waals surface area (Å²) in [6.07, 6.45) is 17.2. The zero-order chi connectivity index (χ0) is 12.5. The minimum atomic E-state index is -0.129. The Kier molecular flexibility index (Phi) is 7.27. The Bertz CT molecular complexity index is 240. The van der Waals surface area contributed by atoms with E-state index in [1.165, 1.54) is 19.3 Å². The van der Waals surface area contributed by atoms with E-state index < -0.39 is 0 Å². The van der Waals surface area contributed by atoms with Crippen molar-refractivity contribution in [2.45, 2.75) is 64.9 Å². The maximum Gasteiger partial charge on any atom is 0.0591 e. The van der Waals surface area contributed by atoms with Crippen LogP contribution in [0.3, 0.4) is 0 Å². The third-order valence-corrected chi connectivity index (χ3v) is 3.65. The van der Waals surface area contributed by atoms with Gasteiger partial charge in [0.15, 0.2) is 0 Å². The summed E-state index contributed by atoms with van der Waals surface area (Å²) in [5.74, 6) is 0.861. The van der Waals surface area contributed by atoms with Crippen molar-refractivity contribution in [2.24, 2.45) is 11.8 Å². The van der Waals surface area contributed by atoms with E-state index in [1.807, 2.05) is 0 Å². The smallest absolute Gasteiger partial charge is 0.0591 e. The molecule has 0 radical (unpaired) electrons. The summed E-state index contributed by atoms with van der Waals surface area (Å²) >= 11 is 0. The summed E-state index contributed by atoms with van der Waals surface area (Å²) in [5, 5.41) is 10.2. The van der Waals surface area contributed by atoms with Crippen molar-refractivity contribution >= 4 is 0 Å². The minimum Gasteiger partial charge on any atom is -0.393 e. The van der Waals surface area contributed by atoms with Gasteiger partial charge in [-0.05, 0) is 56.8 Å². The van der Waals surface area contributed by atoms with Crippen molar-refractivity contribution in [3.8, 4) is 0 Å². The molecule has 1 aliphatic carbocycles.